The Kier molecular flexibility index (Phi) is 8.63. The first-order chi connectivity index (χ1) is 15.1. The van der Waals surface area contributed by atoms with Gasteiger partial charge in [0, 0.05) is 58.8 Å². The van der Waals surface area contributed by atoms with Gasteiger partial charge in [0.25, 0.3) is 0 Å². The summed E-state index contributed by atoms with van der Waals surface area (Å²) in [5.41, 5.74) is 0. The van der Waals surface area contributed by atoms with Crippen LogP contribution in [0.1, 0.15) is 57.8 Å². The summed E-state index contributed by atoms with van der Waals surface area (Å²) in [6.45, 7) is 6.01. The van der Waals surface area contributed by atoms with Crippen LogP contribution in [0.3, 0.4) is 0 Å². The van der Waals surface area contributed by atoms with E-state index < -0.39 is 0 Å². The molecular weight excluding hydrogens is 390 g/mol. The summed E-state index contributed by atoms with van der Waals surface area (Å²) in [6, 6.07) is 0.512. The van der Waals surface area contributed by atoms with Crippen molar-refractivity contribution in [1.82, 2.24) is 25.8 Å². The number of hydrogen-bond acceptors (Lipinski definition) is 6. The summed E-state index contributed by atoms with van der Waals surface area (Å²) in [7, 11) is 3.99. The van der Waals surface area contributed by atoms with E-state index in [1.54, 1.807) is 0 Å². The molecular formula is C24H45N5O2. The van der Waals surface area contributed by atoms with E-state index in [2.05, 4.69) is 32.8 Å². The van der Waals surface area contributed by atoms with E-state index in [4.69, 9.17) is 4.74 Å². The fourth-order valence-electron chi connectivity index (χ4n) is 6.23. The molecule has 7 nitrogen and oxygen atoms in total. The summed E-state index contributed by atoms with van der Waals surface area (Å²) < 4.78 is 5.53. The number of methoxy groups -OCH3 is 1. The first-order valence-electron chi connectivity index (χ1n) is 12.8. The van der Waals surface area contributed by atoms with E-state index in [0.29, 0.717) is 24.0 Å². The maximum atomic E-state index is 12.8. The third kappa shape index (κ3) is 6.64. The van der Waals surface area contributed by atoms with Crippen LogP contribution in [0.4, 0.5) is 0 Å². The summed E-state index contributed by atoms with van der Waals surface area (Å²) in [5.74, 6) is 2.47. The molecule has 0 aromatic carbocycles. The average Bonchev–Trinajstić information content (AvgIpc) is 2.80. The van der Waals surface area contributed by atoms with Crippen LogP contribution in [-0.2, 0) is 9.53 Å². The second-order valence-corrected chi connectivity index (χ2v) is 10.6. The van der Waals surface area contributed by atoms with Crippen molar-refractivity contribution in [3.05, 3.63) is 0 Å². The highest BCUT2D eigenvalue weighted by molar-refractivity contribution is 5.76. The SMILES string of the molecule is COC1CCC(C2CNC(NC3CCCC(CC(=O)N4CCN(C)CC4)C3)NC2)CC1. The van der Waals surface area contributed by atoms with E-state index in [9.17, 15) is 4.79 Å². The standard InChI is InChI=1S/C24H45N5O2/c1-28-10-12-29(13-11-28)23(30)15-18-4-3-5-21(14-18)27-24-25-16-20(17-26-24)19-6-8-22(31-2)9-7-19/h18-22,24-27H,3-17H2,1-2H3. The van der Waals surface area contributed by atoms with E-state index in [0.717, 1.165) is 63.9 Å². The molecule has 2 heterocycles. The largest absolute Gasteiger partial charge is 0.381 e. The molecule has 4 aliphatic rings. The van der Waals surface area contributed by atoms with Crippen molar-refractivity contribution in [2.24, 2.45) is 17.8 Å². The Morgan fingerprint density at radius 1 is 0.968 bits per heavy atom. The smallest absolute Gasteiger partial charge is 0.222 e. The highest BCUT2D eigenvalue weighted by Gasteiger charge is 2.32. The van der Waals surface area contributed by atoms with Crippen LogP contribution in [0.5, 0.6) is 0 Å². The van der Waals surface area contributed by atoms with Crippen LogP contribution in [-0.4, -0.2) is 87.6 Å². The van der Waals surface area contributed by atoms with Crippen molar-refractivity contribution < 1.29 is 9.53 Å². The third-order valence-electron chi connectivity index (χ3n) is 8.39. The minimum atomic E-state index is 0.212. The minimum absolute atomic E-state index is 0.212. The van der Waals surface area contributed by atoms with Crippen LogP contribution < -0.4 is 16.0 Å². The molecule has 0 spiro atoms. The van der Waals surface area contributed by atoms with Gasteiger partial charge in [0.05, 0.1) is 6.10 Å². The molecule has 0 radical (unpaired) electrons. The van der Waals surface area contributed by atoms with Crippen molar-refractivity contribution in [3.63, 3.8) is 0 Å². The first kappa shape index (κ1) is 23.4. The number of nitrogens with zero attached hydrogens (tertiary/aromatic N) is 2. The molecule has 178 valence electrons. The lowest BCUT2D eigenvalue weighted by Gasteiger charge is -2.41. The molecule has 2 saturated carbocycles. The molecule has 7 heteroatoms. The van der Waals surface area contributed by atoms with Crippen molar-refractivity contribution in [2.45, 2.75) is 76.2 Å². The molecule has 2 aliphatic heterocycles. The van der Waals surface area contributed by atoms with Crippen molar-refractivity contribution >= 4 is 5.91 Å². The van der Waals surface area contributed by atoms with Gasteiger partial charge in [-0.05, 0) is 69.7 Å². The molecule has 4 rings (SSSR count). The predicted octanol–water partition coefficient (Wildman–Crippen LogP) is 1.60. The molecule has 2 atom stereocenters. The van der Waals surface area contributed by atoms with Crippen LogP contribution in [0.2, 0.25) is 0 Å². The van der Waals surface area contributed by atoms with Gasteiger partial charge < -0.3 is 14.5 Å². The first-order valence-corrected chi connectivity index (χ1v) is 12.8. The number of ether oxygens (including phenoxy) is 1. The summed E-state index contributed by atoms with van der Waals surface area (Å²) in [6.07, 6.45) is 11.3. The fraction of sp³-hybridized carbons (Fsp3) is 0.958. The van der Waals surface area contributed by atoms with Gasteiger partial charge in [-0.3, -0.25) is 20.7 Å². The second-order valence-electron chi connectivity index (χ2n) is 10.6. The number of rotatable bonds is 6. The molecule has 31 heavy (non-hydrogen) atoms. The number of likely N-dealkylation sites (N-methyl/N-ethyl adjacent to an activating group) is 1. The molecule has 2 unspecified atom stereocenters. The van der Waals surface area contributed by atoms with Crippen LogP contribution in [0.25, 0.3) is 0 Å². The highest BCUT2D eigenvalue weighted by Crippen LogP contribution is 2.32. The number of carbonyl (C=O) groups is 1. The van der Waals surface area contributed by atoms with E-state index >= 15 is 0 Å². The lowest BCUT2D eigenvalue weighted by atomic mass is 9.78. The van der Waals surface area contributed by atoms with Crippen LogP contribution in [0.15, 0.2) is 0 Å². The van der Waals surface area contributed by atoms with Crippen molar-refractivity contribution in [1.29, 1.82) is 0 Å². The fourth-order valence-corrected chi connectivity index (χ4v) is 6.23. The molecule has 3 N–H and O–H groups in total. The maximum absolute atomic E-state index is 12.8. The van der Waals surface area contributed by atoms with Crippen LogP contribution in [0, 0.1) is 17.8 Å². The van der Waals surface area contributed by atoms with Gasteiger partial charge in [-0.25, -0.2) is 0 Å². The van der Waals surface area contributed by atoms with Gasteiger partial charge in [-0.15, -0.1) is 0 Å². The third-order valence-corrected chi connectivity index (χ3v) is 8.39. The maximum Gasteiger partial charge on any atom is 0.222 e. The lowest BCUT2D eigenvalue weighted by molar-refractivity contribution is -0.134. The van der Waals surface area contributed by atoms with Crippen molar-refractivity contribution in [3.8, 4) is 0 Å². The number of piperazine rings is 1. The molecule has 1 amide bonds. The molecule has 0 bridgehead atoms. The monoisotopic (exact) mass is 435 g/mol. The number of carbonyl (C=O) groups excluding carboxylic acids is 1. The van der Waals surface area contributed by atoms with Crippen LogP contribution >= 0.6 is 0 Å². The van der Waals surface area contributed by atoms with E-state index in [-0.39, 0.29) is 6.29 Å². The van der Waals surface area contributed by atoms with Gasteiger partial charge in [0.15, 0.2) is 0 Å². The lowest BCUT2D eigenvalue weighted by Crippen LogP contribution is -2.63. The summed E-state index contributed by atoms with van der Waals surface area (Å²) in [5, 5.41) is 11.2. The molecule has 0 aromatic heterocycles. The zero-order valence-corrected chi connectivity index (χ0v) is 19.8. The Hall–Kier alpha value is -0.730. The Labute approximate surface area is 189 Å². The Bertz CT molecular complexity index is 552. The topological polar surface area (TPSA) is 68.9 Å². The van der Waals surface area contributed by atoms with Gasteiger partial charge >= 0.3 is 0 Å². The Morgan fingerprint density at radius 3 is 2.35 bits per heavy atom. The number of hydrogen-bond donors (Lipinski definition) is 3. The zero-order valence-electron chi connectivity index (χ0n) is 19.8. The van der Waals surface area contributed by atoms with E-state index in [1.165, 1.54) is 44.9 Å². The van der Waals surface area contributed by atoms with Gasteiger partial charge in [-0.1, -0.05) is 6.42 Å². The zero-order chi connectivity index (χ0) is 21.6. The molecule has 2 aliphatic carbocycles. The van der Waals surface area contributed by atoms with Gasteiger partial charge in [-0.2, -0.15) is 0 Å². The quantitative estimate of drug-likeness (QED) is 0.589. The number of amides is 1. The normalized spacial score (nSPS) is 38.2. The Morgan fingerprint density at radius 2 is 1.68 bits per heavy atom. The Balaban J connectivity index is 1.15. The second kappa shape index (κ2) is 11.4. The molecule has 0 aromatic rings. The minimum Gasteiger partial charge on any atom is -0.381 e. The van der Waals surface area contributed by atoms with Crippen molar-refractivity contribution in [2.75, 3.05) is 53.4 Å². The predicted molar refractivity (Wildman–Crippen MR) is 124 cm³/mol. The highest BCUT2D eigenvalue weighted by atomic mass is 16.5. The van der Waals surface area contributed by atoms with Gasteiger partial charge in [0.1, 0.15) is 6.29 Å². The van der Waals surface area contributed by atoms with Gasteiger partial charge in [0.2, 0.25) is 5.91 Å². The molecule has 4 fully saturated rings. The number of nitrogens with one attached hydrogen (secondary N) is 3. The average molecular weight is 436 g/mol. The molecule has 2 saturated heterocycles. The van der Waals surface area contributed by atoms with E-state index in [1.807, 2.05) is 7.11 Å². The summed E-state index contributed by atoms with van der Waals surface area (Å²) in [4.78, 5) is 17.1. The summed E-state index contributed by atoms with van der Waals surface area (Å²) >= 11 is 0.